The third kappa shape index (κ3) is 4.74. The predicted molar refractivity (Wildman–Crippen MR) is 123 cm³/mol. The SMILES string of the molecule is CN[C@@]1(C(=O)OC)CC[C@H](c2cc(C(N)=O)ccc2OC(C)C)[C@H]1c1ccc(F)cc1.Cl. The maximum atomic E-state index is 13.7. The van der Waals surface area contributed by atoms with E-state index in [1.165, 1.54) is 19.2 Å². The summed E-state index contributed by atoms with van der Waals surface area (Å²) in [6, 6.07) is 11.3. The lowest BCUT2D eigenvalue weighted by Gasteiger charge is -2.35. The molecule has 6 nitrogen and oxygen atoms in total. The van der Waals surface area contributed by atoms with E-state index >= 15 is 0 Å². The first kappa shape index (κ1) is 25.6. The molecule has 32 heavy (non-hydrogen) atoms. The molecule has 2 aromatic carbocycles. The summed E-state index contributed by atoms with van der Waals surface area (Å²) in [5.41, 5.74) is 6.48. The topological polar surface area (TPSA) is 90.6 Å². The summed E-state index contributed by atoms with van der Waals surface area (Å²) >= 11 is 0. The average Bonchev–Trinajstić information content (AvgIpc) is 3.14. The van der Waals surface area contributed by atoms with Crippen LogP contribution in [0.5, 0.6) is 5.75 Å². The van der Waals surface area contributed by atoms with Crippen molar-refractivity contribution in [1.82, 2.24) is 5.32 Å². The van der Waals surface area contributed by atoms with Crippen molar-refractivity contribution in [3.63, 3.8) is 0 Å². The highest BCUT2D eigenvalue weighted by atomic mass is 35.5. The zero-order chi connectivity index (χ0) is 22.8. The monoisotopic (exact) mass is 464 g/mol. The highest BCUT2D eigenvalue weighted by Crippen LogP contribution is 2.54. The van der Waals surface area contributed by atoms with Crippen LogP contribution < -0.4 is 15.8 Å². The number of esters is 1. The Kier molecular flexibility index (Phi) is 8.26. The second-order valence-electron chi connectivity index (χ2n) is 8.17. The minimum atomic E-state index is -1.00. The number of halogens is 2. The number of carbonyl (C=O) groups is 2. The van der Waals surface area contributed by atoms with Crippen LogP contribution in [0.25, 0.3) is 0 Å². The Balaban J connectivity index is 0.00000363. The molecule has 0 heterocycles. The first-order chi connectivity index (χ1) is 14.7. The normalized spacial score (nSPS) is 22.3. The predicted octanol–water partition coefficient (Wildman–Crippen LogP) is 3.93. The lowest BCUT2D eigenvalue weighted by Crippen LogP contribution is -2.53. The third-order valence-corrected chi connectivity index (χ3v) is 6.06. The number of hydrogen-bond donors (Lipinski definition) is 2. The van der Waals surface area contributed by atoms with Crippen molar-refractivity contribution in [2.45, 2.75) is 50.2 Å². The van der Waals surface area contributed by atoms with E-state index < -0.39 is 11.4 Å². The van der Waals surface area contributed by atoms with Gasteiger partial charge in [-0.15, -0.1) is 12.4 Å². The summed E-state index contributed by atoms with van der Waals surface area (Å²) in [4.78, 5) is 24.9. The van der Waals surface area contributed by atoms with E-state index in [1.54, 1.807) is 37.4 Å². The van der Waals surface area contributed by atoms with E-state index in [9.17, 15) is 14.0 Å². The molecule has 3 rings (SSSR count). The highest BCUT2D eigenvalue weighted by molar-refractivity contribution is 5.93. The number of ether oxygens (including phenoxy) is 2. The van der Waals surface area contributed by atoms with Crippen LogP contribution in [-0.2, 0) is 9.53 Å². The Hall–Kier alpha value is -2.64. The Labute approximate surface area is 194 Å². The van der Waals surface area contributed by atoms with E-state index in [1.807, 2.05) is 13.8 Å². The summed E-state index contributed by atoms with van der Waals surface area (Å²) in [6.07, 6.45) is 1.05. The molecule has 174 valence electrons. The van der Waals surface area contributed by atoms with Crippen molar-refractivity contribution in [3.8, 4) is 5.75 Å². The molecule has 1 saturated carbocycles. The maximum absolute atomic E-state index is 13.7. The van der Waals surface area contributed by atoms with Crippen LogP contribution in [0.4, 0.5) is 4.39 Å². The van der Waals surface area contributed by atoms with Gasteiger partial charge < -0.3 is 20.5 Å². The van der Waals surface area contributed by atoms with Crippen molar-refractivity contribution in [1.29, 1.82) is 0 Å². The largest absolute Gasteiger partial charge is 0.491 e. The number of methoxy groups -OCH3 is 1. The molecule has 0 bridgehead atoms. The van der Waals surface area contributed by atoms with E-state index in [0.29, 0.717) is 24.2 Å². The van der Waals surface area contributed by atoms with Gasteiger partial charge in [-0.2, -0.15) is 0 Å². The first-order valence-electron chi connectivity index (χ1n) is 10.4. The smallest absolute Gasteiger partial charge is 0.326 e. The van der Waals surface area contributed by atoms with E-state index in [0.717, 1.165) is 11.1 Å². The fourth-order valence-electron chi connectivity index (χ4n) is 4.72. The number of carbonyl (C=O) groups excluding carboxylic acids is 2. The van der Waals surface area contributed by atoms with E-state index in [-0.39, 0.29) is 42.1 Å². The van der Waals surface area contributed by atoms with Gasteiger partial charge in [0.1, 0.15) is 17.1 Å². The number of rotatable bonds is 7. The molecule has 1 aliphatic rings. The van der Waals surface area contributed by atoms with Gasteiger partial charge in [0.2, 0.25) is 5.91 Å². The van der Waals surface area contributed by atoms with Crippen LogP contribution in [-0.4, -0.2) is 37.7 Å². The van der Waals surface area contributed by atoms with Crippen molar-refractivity contribution in [2.75, 3.05) is 14.2 Å². The van der Waals surface area contributed by atoms with Crippen LogP contribution in [0, 0.1) is 5.82 Å². The van der Waals surface area contributed by atoms with Crippen molar-refractivity contribution in [3.05, 3.63) is 65.0 Å². The minimum Gasteiger partial charge on any atom is -0.491 e. The van der Waals surface area contributed by atoms with Gasteiger partial charge in [-0.3, -0.25) is 9.59 Å². The minimum absolute atomic E-state index is 0. The highest BCUT2D eigenvalue weighted by Gasteiger charge is 2.55. The number of primary amides is 1. The number of nitrogens with two attached hydrogens (primary N) is 1. The molecule has 0 aromatic heterocycles. The summed E-state index contributed by atoms with van der Waals surface area (Å²) in [7, 11) is 3.08. The second kappa shape index (κ2) is 10.3. The zero-order valence-electron chi connectivity index (χ0n) is 18.7. The summed E-state index contributed by atoms with van der Waals surface area (Å²) in [5.74, 6) is -1.21. The Morgan fingerprint density at radius 2 is 1.84 bits per heavy atom. The van der Waals surface area contributed by atoms with E-state index in [4.69, 9.17) is 15.2 Å². The van der Waals surface area contributed by atoms with Crippen molar-refractivity contribution in [2.24, 2.45) is 5.73 Å². The number of amides is 1. The molecule has 0 unspecified atom stereocenters. The van der Waals surface area contributed by atoms with Gasteiger partial charge in [0.25, 0.3) is 0 Å². The molecule has 3 atom stereocenters. The number of likely N-dealkylation sites (N-methyl/N-ethyl adjacent to an activating group) is 1. The molecule has 2 aromatic rings. The van der Waals surface area contributed by atoms with Crippen LogP contribution in [0.15, 0.2) is 42.5 Å². The van der Waals surface area contributed by atoms with Crippen LogP contribution in [0.2, 0.25) is 0 Å². The molecular weight excluding hydrogens is 435 g/mol. The Morgan fingerprint density at radius 1 is 1.19 bits per heavy atom. The molecule has 1 aliphatic carbocycles. The number of benzene rings is 2. The molecule has 0 spiro atoms. The average molecular weight is 465 g/mol. The molecular formula is C24H30ClFN2O4. The van der Waals surface area contributed by atoms with E-state index in [2.05, 4.69) is 5.32 Å². The van der Waals surface area contributed by atoms with Crippen molar-refractivity contribution >= 4 is 24.3 Å². The molecule has 1 amide bonds. The molecule has 0 saturated heterocycles. The zero-order valence-corrected chi connectivity index (χ0v) is 19.5. The molecule has 0 aliphatic heterocycles. The van der Waals surface area contributed by atoms with Crippen LogP contribution in [0.3, 0.4) is 0 Å². The third-order valence-electron chi connectivity index (χ3n) is 6.06. The van der Waals surface area contributed by atoms with Gasteiger partial charge in [0.15, 0.2) is 0 Å². The molecule has 0 radical (unpaired) electrons. The Morgan fingerprint density at radius 3 is 2.38 bits per heavy atom. The summed E-state index contributed by atoms with van der Waals surface area (Å²) < 4.78 is 24.9. The lowest BCUT2D eigenvalue weighted by atomic mass is 9.75. The number of nitrogens with one attached hydrogen (secondary N) is 1. The van der Waals surface area contributed by atoms with Gasteiger partial charge in [-0.25, -0.2) is 4.39 Å². The molecule has 8 heteroatoms. The molecule has 3 N–H and O–H groups in total. The lowest BCUT2D eigenvalue weighted by molar-refractivity contribution is -0.149. The van der Waals surface area contributed by atoms with Gasteiger partial charge in [0, 0.05) is 11.5 Å². The number of hydrogen-bond acceptors (Lipinski definition) is 5. The van der Waals surface area contributed by atoms with Crippen molar-refractivity contribution < 1.29 is 23.5 Å². The summed E-state index contributed by atoms with van der Waals surface area (Å²) in [6.45, 7) is 3.84. The van der Waals surface area contributed by atoms with Gasteiger partial charge >= 0.3 is 5.97 Å². The van der Waals surface area contributed by atoms with Gasteiger partial charge in [-0.1, -0.05) is 12.1 Å². The van der Waals surface area contributed by atoms with Crippen LogP contribution in [0.1, 0.15) is 60.0 Å². The standard InChI is InChI=1S/C24H29FN2O4.ClH/c1-14(2)31-20-10-7-16(22(26)28)13-19(20)18-11-12-24(27-3,23(29)30-4)21(18)15-5-8-17(25)9-6-15;/h5-10,13-14,18,21,27H,11-12H2,1-4H3,(H2,26,28);1H/t18-,21-,24+;/m1./s1. The summed E-state index contributed by atoms with van der Waals surface area (Å²) in [5, 5.41) is 3.19. The van der Waals surface area contributed by atoms with Gasteiger partial charge in [0.05, 0.1) is 13.2 Å². The maximum Gasteiger partial charge on any atom is 0.326 e. The molecule has 1 fully saturated rings. The quantitative estimate of drug-likeness (QED) is 0.606. The fraction of sp³-hybridized carbons (Fsp3) is 0.417. The second-order valence-corrected chi connectivity index (χ2v) is 8.17. The van der Waals surface area contributed by atoms with Crippen LogP contribution >= 0.6 is 12.4 Å². The fourth-order valence-corrected chi connectivity index (χ4v) is 4.72. The Bertz CT molecular complexity index is 967. The van der Waals surface area contributed by atoms with Gasteiger partial charge in [-0.05, 0) is 81.1 Å². The first-order valence-corrected chi connectivity index (χ1v) is 10.4.